The number of rotatable bonds is 3. The van der Waals surface area contributed by atoms with Crippen molar-refractivity contribution >= 4 is 34.6 Å². The molecule has 5 rings (SSSR count). The number of benzene rings is 1. The lowest BCUT2D eigenvalue weighted by molar-refractivity contribution is -0.183. The number of piperazine rings is 1. The van der Waals surface area contributed by atoms with Gasteiger partial charge in [-0.15, -0.1) is 0 Å². The standard InChI is InChI=1S/C27H36F2N6O5/c1-26(2,3)23-27(28,29)20(9-10-34(23)25(39)40)33-13-11-32(12-14-33)16-5-6-17-19(15-16)31(4)24(38)35(17)18-7-8-21(36)30-22(18)37/h5-6,15,18,20,23H,7-14H2,1-4H3,(H,39,40)(H,30,36,37). The summed E-state index contributed by atoms with van der Waals surface area (Å²) < 4.78 is 34.6. The minimum atomic E-state index is -3.22. The molecule has 11 nitrogen and oxygen atoms in total. The third kappa shape index (κ3) is 4.63. The van der Waals surface area contributed by atoms with Gasteiger partial charge in [0.05, 0.1) is 17.1 Å². The SMILES string of the molecule is Cn1c(=O)n(C2CCC(=O)NC2=O)c2ccc(N3CCN(C4CCN(C(=O)O)C(C(C)(C)C)C4(F)F)CC3)cc21. The van der Waals surface area contributed by atoms with Gasteiger partial charge >= 0.3 is 11.8 Å². The van der Waals surface area contributed by atoms with Crippen LogP contribution in [0.2, 0.25) is 0 Å². The quantitative estimate of drug-likeness (QED) is 0.551. The molecule has 2 N–H and O–H groups in total. The number of likely N-dealkylation sites (tertiary alicyclic amines) is 1. The molecule has 0 spiro atoms. The van der Waals surface area contributed by atoms with Gasteiger partial charge in [0, 0.05) is 51.9 Å². The number of hydrogen-bond donors (Lipinski definition) is 2. The number of carboxylic acid groups (broad SMARTS) is 1. The van der Waals surface area contributed by atoms with E-state index < -0.39 is 41.5 Å². The number of imidazole rings is 1. The summed E-state index contributed by atoms with van der Waals surface area (Å²) in [7, 11) is 1.63. The van der Waals surface area contributed by atoms with Gasteiger partial charge < -0.3 is 10.0 Å². The van der Waals surface area contributed by atoms with Crippen LogP contribution in [0.25, 0.3) is 11.0 Å². The monoisotopic (exact) mass is 562 g/mol. The maximum Gasteiger partial charge on any atom is 0.407 e. The van der Waals surface area contributed by atoms with Crippen LogP contribution in [-0.4, -0.2) is 92.7 Å². The van der Waals surface area contributed by atoms with E-state index in [2.05, 4.69) is 10.2 Å². The zero-order chi connectivity index (χ0) is 29.1. The lowest BCUT2D eigenvalue weighted by atomic mass is 9.76. The first-order valence-corrected chi connectivity index (χ1v) is 13.6. The fourth-order valence-corrected chi connectivity index (χ4v) is 6.72. The van der Waals surface area contributed by atoms with Gasteiger partial charge in [0.1, 0.15) is 12.1 Å². The summed E-state index contributed by atoms with van der Waals surface area (Å²) in [5.41, 5.74) is 0.772. The molecular weight excluding hydrogens is 526 g/mol. The van der Waals surface area contributed by atoms with Crippen molar-refractivity contribution in [3.05, 3.63) is 28.7 Å². The van der Waals surface area contributed by atoms with Crippen molar-refractivity contribution in [1.29, 1.82) is 0 Å². The first-order chi connectivity index (χ1) is 18.7. The Morgan fingerprint density at radius 1 is 1.02 bits per heavy atom. The van der Waals surface area contributed by atoms with Crippen LogP contribution in [-0.2, 0) is 16.6 Å². The molecule has 0 radical (unpaired) electrons. The highest BCUT2D eigenvalue weighted by atomic mass is 19.3. The summed E-state index contributed by atoms with van der Waals surface area (Å²) >= 11 is 0. The Morgan fingerprint density at radius 3 is 2.30 bits per heavy atom. The largest absolute Gasteiger partial charge is 0.465 e. The predicted molar refractivity (Wildman–Crippen MR) is 144 cm³/mol. The van der Waals surface area contributed by atoms with Crippen LogP contribution >= 0.6 is 0 Å². The molecule has 218 valence electrons. The normalized spacial score (nSPS) is 26.3. The number of carbonyl (C=O) groups excluding carboxylic acids is 2. The third-order valence-electron chi connectivity index (χ3n) is 8.54. The Balaban J connectivity index is 1.34. The van der Waals surface area contributed by atoms with Crippen molar-refractivity contribution in [1.82, 2.24) is 24.3 Å². The van der Waals surface area contributed by atoms with E-state index in [1.54, 1.807) is 38.8 Å². The van der Waals surface area contributed by atoms with Crippen LogP contribution in [0.15, 0.2) is 23.0 Å². The number of aromatic nitrogens is 2. The van der Waals surface area contributed by atoms with E-state index in [9.17, 15) is 24.3 Å². The number of piperidine rings is 2. The van der Waals surface area contributed by atoms with Crippen LogP contribution in [0, 0.1) is 5.41 Å². The maximum absolute atomic E-state index is 15.9. The summed E-state index contributed by atoms with van der Waals surface area (Å²) in [4.78, 5) is 53.6. The van der Waals surface area contributed by atoms with Crippen LogP contribution in [0.5, 0.6) is 0 Å². The molecule has 4 heterocycles. The van der Waals surface area contributed by atoms with E-state index in [0.29, 0.717) is 37.2 Å². The minimum Gasteiger partial charge on any atom is -0.465 e. The number of amides is 3. The number of nitrogens with zero attached hydrogens (tertiary/aromatic N) is 5. The molecule has 2 aromatic rings. The molecule has 1 aromatic heterocycles. The zero-order valence-electron chi connectivity index (χ0n) is 23.2. The predicted octanol–water partition coefficient (Wildman–Crippen LogP) is 2.24. The summed E-state index contributed by atoms with van der Waals surface area (Å²) in [6.45, 7) is 6.77. The van der Waals surface area contributed by atoms with Crippen molar-refractivity contribution in [2.24, 2.45) is 12.5 Å². The molecule has 3 saturated heterocycles. The molecule has 3 aliphatic rings. The molecule has 0 saturated carbocycles. The third-order valence-corrected chi connectivity index (χ3v) is 8.54. The highest BCUT2D eigenvalue weighted by molar-refractivity contribution is 6.00. The summed E-state index contributed by atoms with van der Waals surface area (Å²) in [6, 6.07) is 2.26. The lowest BCUT2D eigenvalue weighted by Crippen LogP contribution is -2.69. The van der Waals surface area contributed by atoms with Gasteiger partial charge in [-0.2, -0.15) is 0 Å². The molecule has 3 amide bonds. The molecule has 1 aromatic carbocycles. The van der Waals surface area contributed by atoms with Crippen molar-refractivity contribution in [3.8, 4) is 0 Å². The first-order valence-electron chi connectivity index (χ1n) is 13.6. The highest BCUT2D eigenvalue weighted by Gasteiger charge is 2.60. The first kappa shape index (κ1) is 28.1. The smallest absolute Gasteiger partial charge is 0.407 e. The average Bonchev–Trinajstić information content (AvgIpc) is 3.12. The van der Waals surface area contributed by atoms with Gasteiger partial charge in [0.2, 0.25) is 11.8 Å². The van der Waals surface area contributed by atoms with Gasteiger partial charge in [-0.25, -0.2) is 18.4 Å². The Bertz CT molecular complexity index is 1400. The summed E-state index contributed by atoms with van der Waals surface area (Å²) in [5, 5.41) is 11.9. The van der Waals surface area contributed by atoms with E-state index in [-0.39, 0.29) is 37.4 Å². The highest BCUT2D eigenvalue weighted by Crippen LogP contribution is 2.44. The number of imide groups is 1. The second kappa shape index (κ2) is 9.86. The molecule has 3 atom stereocenters. The zero-order valence-corrected chi connectivity index (χ0v) is 23.2. The second-order valence-corrected chi connectivity index (χ2v) is 12.1. The fourth-order valence-electron chi connectivity index (χ4n) is 6.72. The van der Waals surface area contributed by atoms with E-state index in [4.69, 9.17) is 0 Å². The lowest BCUT2D eigenvalue weighted by Gasteiger charge is -2.53. The molecule has 0 aliphatic carbocycles. The van der Waals surface area contributed by atoms with Gasteiger partial charge in [-0.05, 0) is 36.5 Å². The van der Waals surface area contributed by atoms with E-state index in [1.165, 1.54) is 9.13 Å². The molecule has 3 aliphatic heterocycles. The van der Waals surface area contributed by atoms with E-state index in [1.807, 2.05) is 12.1 Å². The van der Waals surface area contributed by atoms with Crippen LogP contribution in [0.3, 0.4) is 0 Å². The molecule has 3 fully saturated rings. The number of hydrogen-bond acceptors (Lipinski definition) is 6. The maximum atomic E-state index is 15.9. The number of nitrogens with one attached hydrogen (secondary N) is 1. The number of alkyl halides is 2. The van der Waals surface area contributed by atoms with Gasteiger partial charge in [-0.3, -0.25) is 33.8 Å². The molecular formula is C27H36F2N6O5. The number of fused-ring (bicyclic) bond motifs is 1. The molecule has 40 heavy (non-hydrogen) atoms. The Kier molecular flexibility index (Phi) is 6.92. The van der Waals surface area contributed by atoms with Crippen LogP contribution in [0.4, 0.5) is 19.3 Å². The van der Waals surface area contributed by atoms with Crippen molar-refractivity contribution < 1.29 is 28.3 Å². The van der Waals surface area contributed by atoms with Crippen LogP contribution < -0.4 is 15.9 Å². The number of carbonyl (C=O) groups is 3. The van der Waals surface area contributed by atoms with Crippen LogP contribution in [0.1, 0.15) is 46.1 Å². The van der Waals surface area contributed by atoms with E-state index in [0.717, 1.165) is 10.6 Å². The minimum absolute atomic E-state index is 0.0621. The summed E-state index contributed by atoms with van der Waals surface area (Å²) in [6.07, 6.45) is -0.848. The Morgan fingerprint density at radius 2 is 1.70 bits per heavy atom. The summed E-state index contributed by atoms with van der Waals surface area (Å²) in [5.74, 6) is -4.06. The molecule has 0 bridgehead atoms. The molecule has 3 unspecified atom stereocenters. The van der Waals surface area contributed by atoms with Gasteiger partial charge in [-0.1, -0.05) is 20.8 Å². The van der Waals surface area contributed by atoms with Gasteiger partial charge in [0.25, 0.3) is 5.92 Å². The number of aryl methyl sites for hydroxylation is 1. The topological polar surface area (TPSA) is 120 Å². The Hall–Kier alpha value is -3.48. The van der Waals surface area contributed by atoms with Crippen molar-refractivity contribution in [3.63, 3.8) is 0 Å². The average molecular weight is 563 g/mol. The number of halogens is 2. The fraction of sp³-hybridized carbons (Fsp3) is 0.630. The van der Waals surface area contributed by atoms with Gasteiger partial charge in [0.15, 0.2) is 0 Å². The van der Waals surface area contributed by atoms with E-state index >= 15 is 8.78 Å². The second-order valence-electron chi connectivity index (χ2n) is 12.1. The number of anilines is 1. The van der Waals surface area contributed by atoms with Crippen molar-refractivity contribution in [2.75, 3.05) is 37.6 Å². The van der Waals surface area contributed by atoms with Crippen molar-refractivity contribution in [2.45, 2.75) is 64.1 Å². The Labute approximate surface area is 230 Å². The molecule has 13 heteroatoms.